The van der Waals surface area contributed by atoms with Crippen LogP contribution in [0.25, 0.3) is 11.0 Å². The summed E-state index contributed by atoms with van der Waals surface area (Å²) in [5.41, 5.74) is 2.46. The second-order valence-electron chi connectivity index (χ2n) is 8.27. The Hall–Kier alpha value is -2.10. The predicted octanol–water partition coefficient (Wildman–Crippen LogP) is 3.72. The molecule has 9 heteroatoms. The molecule has 1 aromatic carbocycles. The molecule has 0 radical (unpaired) electrons. The first-order valence-electron chi connectivity index (χ1n) is 10.4. The quantitative estimate of drug-likeness (QED) is 0.586. The Labute approximate surface area is 182 Å². The van der Waals surface area contributed by atoms with Crippen LogP contribution < -0.4 is 10.1 Å². The molecule has 30 heavy (non-hydrogen) atoms. The highest BCUT2D eigenvalue weighted by Gasteiger charge is 2.24. The van der Waals surface area contributed by atoms with Crippen LogP contribution in [-0.4, -0.2) is 50.6 Å². The Morgan fingerprint density at radius 2 is 2.20 bits per heavy atom. The maximum absolute atomic E-state index is 13.9. The van der Waals surface area contributed by atoms with Crippen molar-refractivity contribution in [2.45, 2.75) is 38.9 Å². The molecule has 1 saturated heterocycles. The minimum absolute atomic E-state index is 0.363. The number of hydrogen-bond donors (Lipinski definition) is 1. The average Bonchev–Trinajstić information content (AvgIpc) is 3.44. The molecule has 2 fully saturated rings. The SMILES string of the molecule is C[C@H]1CN(Cc2cc(F)cnc2Oc2ccc3c(nnn3CC3CC3)c2Br)CCN1. The van der Waals surface area contributed by atoms with Crippen molar-refractivity contribution in [3.05, 3.63) is 40.2 Å². The minimum Gasteiger partial charge on any atom is -0.437 e. The van der Waals surface area contributed by atoms with Crippen molar-refractivity contribution < 1.29 is 9.13 Å². The van der Waals surface area contributed by atoms with Gasteiger partial charge in [0.05, 0.1) is 16.2 Å². The van der Waals surface area contributed by atoms with Crippen LogP contribution in [0.4, 0.5) is 4.39 Å². The van der Waals surface area contributed by atoms with Crippen LogP contribution in [0.5, 0.6) is 11.6 Å². The summed E-state index contributed by atoms with van der Waals surface area (Å²) in [6.45, 7) is 6.35. The summed E-state index contributed by atoms with van der Waals surface area (Å²) in [7, 11) is 0. The third-order valence-corrected chi connectivity index (χ3v) is 6.43. The first-order chi connectivity index (χ1) is 14.6. The van der Waals surface area contributed by atoms with E-state index in [9.17, 15) is 4.39 Å². The first-order valence-corrected chi connectivity index (χ1v) is 11.2. The van der Waals surface area contributed by atoms with Crippen LogP contribution in [0.15, 0.2) is 28.9 Å². The number of fused-ring (bicyclic) bond motifs is 1. The van der Waals surface area contributed by atoms with E-state index in [0.29, 0.717) is 30.1 Å². The zero-order chi connectivity index (χ0) is 20.7. The maximum atomic E-state index is 13.9. The molecule has 2 aliphatic rings. The third kappa shape index (κ3) is 4.19. The Bertz CT molecular complexity index is 1070. The van der Waals surface area contributed by atoms with Gasteiger partial charge in [0.15, 0.2) is 0 Å². The Morgan fingerprint density at radius 3 is 3.00 bits per heavy atom. The van der Waals surface area contributed by atoms with Gasteiger partial charge in [-0.1, -0.05) is 5.21 Å². The lowest BCUT2D eigenvalue weighted by molar-refractivity contribution is 0.197. The fraction of sp³-hybridized carbons (Fsp3) is 0.476. The van der Waals surface area contributed by atoms with Crippen molar-refractivity contribution in [1.82, 2.24) is 30.2 Å². The van der Waals surface area contributed by atoms with Gasteiger partial charge in [0.25, 0.3) is 0 Å². The molecular formula is C21H24BrFN6O. The highest BCUT2D eigenvalue weighted by atomic mass is 79.9. The van der Waals surface area contributed by atoms with E-state index < -0.39 is 0 Å². The van der Waals surface area contributed by atoms with E-state index in [-0.39, 0.29) is 5.82 Å². The number of hydrogen-bond acceptors (Lipinski definition) is 6. The Kier molecular flexibility index (Phi) is 5.43. The van der Waals surface area contributed by atoms with Crippen molar-refractivity contribution in [2.75, 3.05) is 19.6 Å². The second kappa shape index (κ2) is 8.20. The molecule has 1 aliphatic carbocycles. The lowest BCUT2D eigenvalue weighted by Gasteiger charge is -2.32. The molecule has 7 nitrogen and oxygen atoms in total. The van der Waals surface area contributed by atoms with E-state index >= 15 is 0 Å². The first kappa shape index (κ1) is 19.8. The van der Waals surface area contributed by atoms with E-state index in [1.54, 1.807) is 0 Å². The molecule has 1 atom stereocenters. The monoisotopic (exact) mass is 474 g/mol. The number of nitrogens with one attached hydrogen (secondary N) is 1. The molecule has 1 N–H and O–H groups in total. The van der Waals surface area contributed by atoms with Gasteiger partial charge in [-0.2, -0.15) is 0 Å². The second-order valence-corrected chi connectivity index (χ2v) is 9.06. The van der Waals surface area contributed by atoms with Crippen LogP contribution in [0.3, 0.4) is 0 Å². The number of ether oxygens (including phenoxy) is 1. The number of aromatic nitrogens is 4. The van der Waals surface area contributed by atoms with Gasteiger partial charge in [0.1, 0.15) is 17.1 Å². The molecule has 158 valence electrons. The molecule has 2 aromatic heterocycles. The lowest BCUT2D eigenvalue weighted by Crippen LogP contribution is -2.48. The smallest absolute Gasteiger partial charge is 0.223 e. The minimum atomic E-state index is -0.363. The van der Waals surface area contributed by atoms with Crippen LogP contribution in [0, 0.1) is 11.7 Å². The molecule has 0 unspecified atom stereocenters. The van der Waals surface area contributed by atoms with Gasteiger partial charge in [-0.15, -0.1) is 5.10 Å². The summed E-state index contributed by atoms with van der Waals surface area (Å²) >= 11 is 3.62. The van der Waals surface area contributed by atoms with E-state index in [0.717, 1.165) is 47.2 Å². The van der Waals surface area contributed by atoms with Gasteiger partial charge in [-0.25, -0.2) is 14.1 Å². The van der Waals surface area contributed by atoms with E-state index in [4.69, 9.17) is 4.74 Å². The van der Waals surface area contributed by atoms with Gasteiger partial charge < -0.3 is 10.1 Å². The summed E-state index contributed by atoms with van der Waals surface area (Å²) in [4.78, 5) is 6.51. The fourth-order valence-electron chi connectivity index (χ4n) is 3.92. The summed E-state index contributed by atoms with van der Waals surface area (Å²) in [6, 6.07) is 5.77. The van der Waals surface area contributed by atoms with Gasteiger partial charge in [-0.05, 0) is 59.8 Å². The highest BCUT2D eigenvalue weighted by Crippen LogP contribution is 2.37. The summed E-state index contributed by atoms with van der Waals surface area (Å²) in [5.74, 6) is 1.35. The molecule has 3 heterocycles. The molecule has 3 aromatic rings. The van der Waals surface area contributed by atoms with Crippen molar-refractivity contribution in [3.8, 4) is 11.6 Å². The van der Waals surface area contributed by atoms with Crippen LogP contribution in [0.2, 0.25) is 0 Å². The Morgan fingerprint density at radius 1 is 1.33 bits per heavy atom. The third-order valence-electron chi connectivity index (χ3n) is 5.66. The molecule has 1 saturated carbocycles. The van der Waals surface area contributed by atoms with Gasteiger partial charge in [-0.3, -0.25) is 4.90 Å². The van der Waals surface area contributed by atoms with Crippen molar-refractivity contribution in [1.29, 1.82) is 0 Å². The number of piperazine rings is 1. The van der Waals surface area contributed by atoms with Gasteiger partial charge >= 0.3 is 0 Å². The summed E-state index contributed by atoms with van der Waals surface area (Å²) in [5, 5.41) is 12.1. The van der Waals surface area contributed by atoms with Crippen molar-refractivity contribution in [2.24, 2.45) is 5.92 Å². The van der Waals surface area contributed by atoms with Crippen LogP contribution in [0.1, 0.15) is 25.3 Å². The number of pyridine rings is 1. The van der Waals surface area contributed by atoms with E-state index in [1.807, 2.05) is 16.8 Å². The number of halogens is 2. The normalized spacial score (nSPS) is 20.0. The Balaban J connectivity index is 1.41. The number of benzene rings is 1. The average molecular weight is 475 g/mol. The molecule has 5 rings (SSSR count). The summed E-state index contributed by atoms with van der Waals surface area (Å²) < 4.78 is 22.8. The van der Waals surface area contributed by atoms with E-state index in [2.05, 4.69) is 48.4 Å². The highest BCUT2D eigenvalue weighted by molar-refractivity contribution is 9.10. The zero-order valence-corrected chi connectivity index (χ0v) is 18.4. The lowest BCUT2D eigenvalue weighted by atomic mass is 10.2. The molecule has 0 spiro atoms. The molecule has 0 bridgehead atoms. The van der Waals surface area contributed by atoms with Crippen molar-refractivity contribution >= 4 is 27.0 Å². The zero-order valence-electron chi connectivity index (χ0n) is 16.8. The number of nitrogens with zero attached hydrogens (tertiary/aromatic N) is 5. The number of rotatable bonds is 6. The topological polar surface area (TPSA) is 68.1 Å². The molecular weight excluding hydrogens is 451 g/mol. The fourth-order valence-corrected chi connectivity index (χ4v) is 4.42. The van der Waals surface area contributed by atoms with Crippen molar-refractivity contribution in [3.63, 3.8) is 0 Å². The largest absolute Gasteiger partial charge is 0.437 e. The standard InChI is InChI=1S/C21H24BrFN6O/c1-13-10-28(7-6-24-13)12-15-8-16(23)9-25-21(15)30-18-5-4-17-20(19(18)22)26-27-29(17)11-14-2-3-14/h4-5,8-9,13-14,24H,2-3,6-7,10-12H2,1H3/t13-/m0/s1. The van der Waals surface area contributed by atoms with Crippen LogP contribution >= 0.6 is 15.9 Å². The molecule has 0 amide bonds. The maximum Gasteiger partial charge on any atom is 0.223 e. The van der Waals surface area contributed by atoms with E-state index in [1.165, 1.54) is 25.1 Å². The summed E-state index contributed by atoms with van der Waals surface area (Å²) in [6.07, 6.45) is 3.71. The predicted molar refractivity (Wildman–Crippen MR) is 115 cm³/mol. The van der Waals surface area contributed by atoms with Gasteiger partial charge in [0, 0.05) is 44.3 Å². The van der Waals surface area contributed by atoms with Crippen LogP contribution in [-0.2, 0) is 13.1 Å². The molecule has 1 aliphatic heterocycles. The van der Waals surface area contributed by atoms with Gasteiger partial charge in [0.2, 0.25) is 5.88 Å².